The van der Waals surface area contributed by atoms with Gasteiger partial charge in [-0.3, -0.25) is 9.36 Å². The Morgan fingerprint density at radius 2 is 2.00 bits per heavy atom. The van der Waals surface area contributed by atoms with Gasteiger partial charge < -0.3 is 9.73 Å². The van der Waals surface area contributed by atoms with Gasteiger partial charge in [0, 0.05) is 19.0 Å². The average Bonchev–Trinajstić information content (AvgIpc) is 3.27. The largest absolute Gasteiger partial charge is 0.419 e. The third kappa shape index (κ3) is 3.82. The van der Waals surface area contributed by atoms with Crippen molar-refractivity contribution in [3.8, 4) is 0 Å². The number of carbonyl (C=O) groups excluding carboxylic acids is 1. The lowest BCUT2D eigenvalue weighted by Gasteiger charge is -2.23. The van der Waals surface area contributed by atoms with E-state index in [2.05, 4.69) is 10.4 Å². The highest BCUT2D eigenvalue weighted by Crippen LogP contribution is 2.29. The highest BCUT2D eigenvalue weighted by atomic mass is 16.4. The first kappa shape index (κ1) is 17.6. The molecule has 2 heterocycles. The summed E-state index contributed by atoms with van der Waals surface area (Å²) in [6.45, 7) is 0.450. The van der Waals surface area contributed by atoms with E-state index < -0.39 is 0 Å². The molecule has 0 radical (unpaired) electrons. The lowest BCUT2D eigenvalue weighted by Crippen LogP contribution is -2.21. The van der Waals surface area contributed by atoms with Crippen LogP contribution in [-0.2, 0) is 11.3 Å². The third-order valence-corrected chi connectivity index (χ3v) is 5.22. The molecule has 1 N–H and O–H groups in total. The molecule has 0 spiro atoms. The molecular weight excluding hydrogens is 344 g/mol. The first-order valence-corrected chi connectivity index (χ1v) is 9.64. The van der Waals surface area contributed by atoms with Gasteiger partial charge in [0.2, 0.25) is 5.91 Å². The van der Waals surface area contributed by atoms with E-state index in [1.165, 1.54) is 19.3 Å². The van der Waals surface area contributed by atoms with Crippen LogP contribution in [0.1, 0.15) is 51.0 Å². The Hall–Kier alpha value is -2.83. The van der Waals surface area contributed by atoms with Crippen LogP contribution in [0.3, 0.4) is 0 Å². The first-order chi connectivity index (χ1) is 13.2. The minimum atomic E-state index is -0.382. The van der Waals surface area contributed by atoms with Gasteiger partial charge in [-0.25, -0.2) is 9.48 Å². The number of oxazole rings is 1. The molecule has 0 saturated heterocycles. The molecule has 7 nitrogen and oxygen atoms in total. The third-order valence-electron chi connectivity index (χ3n) is 5.22. The zero-order valence-corrected chi connectivity index (χ0v) is 15.3. The maximum Gasteiger partial charge on any atom is 0.419 e. The number of aromatic nitrogens is 3. The standard InChI is InChI=1S/C20H24N4O3/c25-19(22-18-12-13-21-24(18)15-7-2-1-3-8-15)11-6-14-23-16-9-4-5-10-17(16)27-20(23)26/h4-5,9-10,12-13,15H,1-3,6-8,11,14H2,(H,22,25). The first-order valence-electron chi connectivity index (χ1n) is 9.64. The van der Waals surface area contributed by atoms with Gasteiger partial charge in [0.25, 0.3) is 0 Å². The van der Waals surface area contributed by atoms with E-state index in [-0.39, 0.29) is 11.7 Å². The smallest absolute Gasteiger partial charge is 0.408 e. The van der Waals surface area contributed by atoms with Gasteiger partial charge in [0.15, 0.2) is 5.58 Å². The van der Waals surface area contributed by atoms with Gasteiger partial charge in [-0.1, -0.05) is 31.4 Å². The second kappa shape index (κ2) is 7.82. The maximum absolute atomic E-state index is 12.4. The predicted octanol–water partition coefficient (Wildman–Crippen LogP) is 3.72. The summed E-state index contributed by atoms with van der Waals surface area (Å²) in [6.07, 6.45) is 8.57. The molecule has 27 heavy (non-hydrogen) atoms. The Balaban J connectivity index is 1.35. The molecule has 2 aromatic heterocycles. The number of rotatable bonds is 6. The summed E-state index contributed by atoms with van der Waals surface area (Å²) in [6, 6.07) is 9.54. The molecule has 1 saturated carbocycles. The van der Waals surface area contributed by atoms with Crippen molar-refractivity contribution < 1.29 is 9.21 Å². The van der Waals surface area contributed by atoms with E-state index >= 15 is 0 Å². The number of carbonyl (C=O) groups is 1. The molecular formula is C20H24N4O3. The van der Waals surface area contributed by atoms with Crippen LogP contribution in [0.4, 0.5) is 5.82 Å². The van der Waals surface area contributed by atoms with Crippen LogP contribution in [0.15, 0.2) is 45.7 Å². The number of aryl methyl sites for hydroxylation is 1. The van der Waals surface area contributed by atoms with E-state index in [0.717, 1.165) is 24.2 Å². The summed E-state index contributed by atoms with van der Waals surface area (Å²) in [7, 11) is 0. The molecule has 4 rings (SSSR count). The summed E-state index contributed by atoms with van der Waals surface area (Å²) >= 11 is 0. The highest BCUT2D eigenvalue weighted by Gasteiger charge is 2.19. The lowest BCUT2D eigenvalue weighted by molar-refractivity contribution is -0.116. The number of nitrogens with zero attached hydrogens (tertiary/aromatic N) is 3. The number of anilines is 1. The topological polar surface area (TPSA) is 82.1 Å². The van der Waals surface area contributed by atoms with Crippen molar-refractivity contribution in [3.63, 3.8) is 0 Å². The van der Waals surface area contributed by atoms with Crippen molar-refractivity contribution in [1.29, 1.82) is 0 Å². The molecule has 7 heteroatoms. The monoisotopic (exact) mass is 368 g/mol. The van der Waals surface area contributed by atoms with Crippen molar-refractivity contribution in [3.05, 3.63) is 47.1 Å². The van der Waals surface area contributed by atoms with Crippen molar-refractivity contribution in [2.75, 3.05) is 5.32 Å². The number of nitrogens with one attached hydrogen (secondary N) is 1. The van der Waals surface area contributed by atoms with E-state index in [1.54, 1.807) is 16.8 Å². The molecule has 0 atom stereocenters. The number of benzene rings is 1. The molecule has 1 aliphatic rings. The van der Waals surface area contributed by atoms with Gasteiger partial charge in [0.05, 0.1) is 17.8 Å². The van der Waals surface area contributed by atoms with Crippen LogP contribution in [0.25, 0.3) is 11.1 Å². The normalized spacial score (nSPS) is 15.3. The van der Waals surface area contributed by atoms with Gasteiger partial charge in [-0.15, -0.1) is 0 Å². The second-order valence-electron chi connectivity index (χ2n) is 7.09. The molecule has 0 bridgehead atoms. The quantitative estimate of drug-likeness (QED) is 0.719. The molecule has 1 fully saturated rings. The second-order valence-corrected chi connectivity index (χ2v) is 7.09. The molecule has 1 aromatic carbocycles. The fourth-order valence-corrected chi connectivity index (χ4v) is 3.86. The zero-order valence-electron chi connectivity index (χ0n) is 15.3. The van der Waals surface area contributed by atoms with Gasteiger partial charge in [-0.2, -0.15) is 5.10 Å². The Kier molecular flexibility index (Phi) is 5.09. The average molecular weight is 368 g/mol. The summed E-state index contributed by atoms with van der Waals surface area (Å²) in [5.41, 5.74) is 1.33. The van der Waals surface area contributed by atoms with Gasteiger partial charge in [-0.05, 0) is 31.4 Å². The minimum Gasteiger partial charge on any atom is -0.408 e. The minimum absolute atomic E-state index is 0.0617. The van der Waals surface area contributed by atoms with Crippen molar-refractivity contribution in [1.82, 2.24) is 14.3 Å². The van der Waals surface area contributed by atoms with E-state index in [1.807, 2.05) is 28.9 Å². The van der Waals surface area contributed by atoms with Crippen LogP contribution in [-0.4, -0.2) is 20.3 Å². The van der Waals surface area contributed by atoms with Gasteiger partial charge >= 0.3 is 5.76 Å². The van der Waals surface area contributed by atoms with Gasteiger partial charge in [0.1, 0.15) is 5.82 Å². The summed E-state index contributed by atoms with van der Waals surface area (Å²) < 4.78 is 8.75. The van der Waals surface area contributed by atoms with Crippen molar-refractivity contribution in [2.24, 2.45) is 0 Å². The Morgan fingerprint density at radius 3 is 2.85 bits per heavy atom. The molecule has 1 aliphatic carbocycles. The molecule has 0 aliphatic heterocycles. The zero-order chi connectivity index (χ0) is 18.6. The molecule has 3 aromatic rings. The van der Waals surface area contributed by atoms with Crippen LogP contribution in [0.5, 0.6) is 0 Å². The van der Waals surface area contributed by atoms with Crippen molar-refractivity contribution in [2.45, 2.75) is 57.5 Å². The number of fused-ring (bicyclic) bond motifs is 1. The molecule has 142 valence electrons. The van der Waals surface area contributed by atoms with E-state index in [4.69, 9.17) is 4.42 Å². The summed E-state index contributed by atoms with van der Waals surface area (Å²) in [5.74, 6) is 0.318. The SMILES string of the molecule is O=C(CCCn1c(=O)oc2ccccc21)Nc1ccnn1C1CCCCC1. The van der Waals surface area contributed by atoms with Crippen LogP contribution < -0.4 is 11.1 Å². The maximum atomic E-state index is 12.4. The number of hydrogen-bond donors (Lipinski definition) is 1. The Morgan fingerprint density at radius 1 is 1.19 bits per heavy atom. The molecule has 0 unspecified atom stereocenters. The summed E-state index contributed by atoms with van der Waals surface area (Å²) in [4.78, 5) is 24.3. The molecule has 1 amide bonds. The fraction of sp³-hybridized carbons (Fsp3) is 0.450. The highest BCUT2D eigenvalue weighted by molar-refractivity contribution is 5.89. The number of amides is 1. The van der Waals surface area contributed by atoms with Crippen LogP contribution in [0, 0.1) is 0 Å². The predicted molar refractivity (Wildman–Crippen MR) is 103 cm³/mol. The van der Waals surface area contributed by atoms with Crippen LogP contribution >= 0.6 is 0 Å². The van der Waals surface area contributed by atoms with E-state index in [0.29, 0.717) is 31.0 Å². The number of para-hydroxylation sites is 2. The fourth-order valence-electron chi connectivity index (χ4n) is 3.86. The van der Waals surface area contributed by atoms with E-state index in [9.17, 15) is 9.59 Å². The Bertz CT molecular complexity index is 978. The van der Waals surface area contributed by atoms with Crippen molar-refractivity contribution >= 4 is 22.8 Å². The Labute approximate surface area is 157 Å². The van der Waals surface area contributed by atoms with Crippen LogP contribution in [0.2, 0.25) is 0 Å². The summed E-state index contributed by atoms with van der Waals surface area (Å²) in [5, 5.41) is 7.37. The number of hydrogen-bond acceptors (Lipinski definition) is 4. The lowest BCUT2D eigenvalue weighted by atomic mass is 9.96.